The standard InChI is InChI=1S/C18H25NO.ClH/c1-14(13-19-11-3-2-4-12-19)18(20)17-9-7-16(8-10-17)15-5-6-15;/h7-10,14-15H,2-6,11-13H2,1H3;1H. The number of ketones is 1. The van der Waals surface area contributed by atoms with Crippen molar-refractivity contribution in [3.63, 3.8) is 0 Å². The Kier molecular flexibility index (Phi) is 5.83. The molecule has 1 saturated carbocycles. The van der Waals surface area contributed by atoms with Gasteiger partial charge in [-0.15, -0.1) is 12.4 Å². The van der Waals surface area contributed by atoms with Gasteiger partial charge in [0.2, 0.25) is 0 Å². The Labute approximate surface area is 134 Å². The third kappa shape index (κ3) is 4.31. The molecule has 2 aliphatic rings. The van der Waals surface area contributed by atoms with Crippen LogP contribution in [0.15, 0.2) is 24.3 Å². The van der Waals surface area contributed by atoms with Crippen molar-refractivity contribution in [2.45, 2.75) is 44.9 Å². The zero-order chi connectivity index (χ0) is 13.9. The maximum Gasteiger partial charge on any atom is 0.166 e. The first-order chi connectivity index (χ1) is 9.74. The van der Waals surface area contributed by atoms with Crippen LogP contribution in [0.4, 0.5) is 0 Å². The van der Waals surface area contributed by atoms with E-state index in [0.29, 0.717) is 5.78 Å². The number of nitrogens with zero attached hydrogens (tertiary/aromatic N) is 1. The van der Waals surface area contributed by atoms with E-state index in [1.54, 1.807) is 0 Å². The predicted molar refractivity (Wildman–Crippen MR) is 89.5 cm³/mol. The number of likely N-dealkylation sites (tertiary alicyclic amines) is 1. The SMILES string of the molecule is CC(CN1CCCCC1)C(=O)c1ccc(C2CC2)cc1.Cl. The lowest BCUT2D eigenvalue weighted by Crippen LogP contribution is -2.35. The second-order valence-corrected chi connectivity index (χ2v) is 6.52. The van der Waals surface area contributed by atoms with Gasteiger partial charge in [0, 0.05) is 18.0 Å². The molecule has 1 aliphatic carbocycles. The molecule has 0 spiro atoms. The number of rotatable bonds is 5. The summed E-state index contributed by atoms with van der Waals surface area (Å²) in [4.78, 5) is 14.9. The Bertz CT molecular complexity index is 461. The molecule has 1 atom stereocenters. The summed E-state index contributed by atoms with van der Waals surface area (Å²) >= 11 is 0. The zero-order valence-electron chi connectivity index (χ0n) is 12.9. The molecule has 2 nitrogen and oxygen atoms in total. The highest BCUT2D eigenvalue weighted by Crippen LogP contribution is 2.39. The van der Waals surface area contributed by atoms with Gasteiger partial charge >= 0.3 is 0 Å². The van der Waals surface area contributed by atoms with E-state index in [9.17, 15) is 4.79 Å². The van der Waals surface area contributed by atoms with Gasteiger partial charge in [0.25, 0.3) is 0 Å². The molecule has 0 N–H and O–H groups in total. The first-order valence-corrected chi connectivity index (χ1v) is 8.10. The summed E-state index contributed by atoms with van der Waals surface area (Å²) < 4.78 is 0. The van der Waals surface area contributed by atoms with Gasteiger partial charge in [-0.1, -0.05) is 37.6 Å². The molecule has 0 aromatic heterocycles. The molecule has 1 aromatic rings. The summed E-state index contributed by atoms with van der Waals surface area (Å²) in [6.07, 6.45) is 6.56. The molecule has 0 bridgehead atoms. The summed E-state index contributed by atoms with van der Waals surface area (Å²) in [5.74, 6) is 1.18. The molecule has 1 unspecified atom stereocenters. The first-order valence-electron chi connectivity index (χ1n) is 8.10. The molecule has 0 amide bonds. The lowest BCUT2D eigenvalue weighted by Gasteiger charge is -2.28. The summed E-state index contributed by atoms with van der Waals surface area (Å²) in [6.45, 7) is 5.32. The smallest absolute Gasteiger partial charge is 0.166 e. The summed E-state index contributed by atoms with van der Waals surface area (Å²) in [5, 5.41) is 0. The van der Waals surface area contributed by atoms with Crippen molar-refractivity contribution in [1.29, 1.82) is 0 Å². The number of hydrogen-bond donors (Lipinski definition) is 0. The van der Waals surface area contributed by atoms with Crippen molar-refractivity contribution < 1.29 is 4.79 Å². The minimum atomic E-state index is 0. The summed E-state index contributed by atoms with van der Waals surface area (Å²) in [7, 11) is 0. The lowest BCUT2D eigenvalue weighted by molar-refractivity contribution is 0.0883. The van der Waals surface area contributed by atoms with Crippen LogP contribution in [0, 0.1) is 5.92 Å². The van der Waals surface area contributed by atoms with Crippen LogP contribution in [0.25, 0.3) is 0 Å². The molecule has 1 heterocycles. The Balaban J connectivity index is 0.00000161. The van der Waals surface area contributed by atoms with E-state index in [1.807, 2.05) is 12.1 Å². The minimum Gasteiger partial charge on any atom is -0.303 e. The van der Waals surface area contributed by atoms with Crippen molar-refractivity contribution in [2.75, 3.05) is 19.6 Å². The van der Waals surface area contributed by atoms with Gasteiger partial charge in [0.15, 0.2) is 5.78 Å². The van der Waals surface area contributed by atoms with Crippen LogP contribution in [-0.2, 0) is 0 Å². The van der Waals surface area contributed by atoms with Crippen molar-refractivity contribution in [1.82, 2.24) is 4.90 Å². The molecule has 1 aliphatic heterocycles. The van der Waals surface area contributed by atoms with E-state index < -0.39 is 0 Å². The number of hydrogen-bond acceptors (Lipinski definition) is 2. The highest BCUT2D eigenvalue weighted by Gasteiger charge is 2.24. The lowest BCUT2D eigenvalue weighted by atomic mass is 9.96. The van der Waals surface area contributed by atoms with E-state index in [1.165, 1.54) is 37.7 Å². The number of halogens is 1. The van der Waals surface area contributed by atoms with Gasteiger partial charge in [0.1, 0.15) is 0 Å². The molecule has 116 valence electrons. The monoisotopic (exact) mass is 307 g/mol. The topological polar surface area (TPSA) is 20.3 Å². The molecule has 3 heteroatoms. The van der Waals surface area contributed by atoms with Crippen LogP contribution in [0.1, 0.15) is 60.9 Å². The van der Waals surface area contributed by atoms with Gasteiger partial charge in [0.05, 0.1) is 0 Å². The normalized spacial score (nSPS) is 20.6. The fraction of sp³-hybridized carbons (Fsp3) is 0.611. The second-order valence-electron chi connectivity index (χ2n) is 6.52. The molecule has 3 rings (SSSR count). The third-order valence-corrected chi connectivity index (χ3v) is 4.67. The molecule has 0 radical (unpaired) electrons. The zero-order valence-corrected chi connectivity index (χ0v) is 13.7. The average molecular weight is 308 g/mol. The van der Waals surface area contributed by atoms with Crippen LogP contribution < -0.4 is 0 Å². The van der Waals surface area contributed by atoms with Crippen molar-refractivity contribution in [3.8, 4) is 0 Å². The van der Waals surface area contributed by atoms with E-state index >= 15 is 0 Å². The number of carbonyl (C=O) groups is 1. The van der Waals surface area contributed by atoms with Crippen LogP contribution in [-0.4, -0.2) is 30.3 Å². The number of benzene rings is 1. The molecule has 1 saturated heterocycles. The molecule has 2 fully saturated rings. The summed E-state index contributed by atoms with van der Waals surface area (Å²) in [5.41, 5.74) is 2.30. The fourth-order valence-corrected chi connectivity index (χ4v) is 3.23. The minimum absolute atomic E-state index is 0. The molecular weight excluding hydrogens is 282 g/mol. The van der Waals surface area contributed by atoms with Gasteiger partial charge in [-0.3, -0.25) is 4.79 Å². The maximum absolute atomic E-state index is 12.5. The van der Waals surface area contributed by atoms with Crippen molar-refractivity contribution in [2.24, 2.45) is 5.92 Å². The first kappa shape index (κ1) is 16.5. The van der Waals surface area contributed by atoms with E-state index in [0.717, 1.165) is 31.1 Å². The van der Waals surface area contributed by atoms with Gasteiger partial charge in [-0.2, -0.15) is 0 Å². The van der Waals surface area contributed by atoms with Gasteiger partial charge in [-0.25, -0.2) is 0 Å². The number of carbonyl (C=O) groups excluding carboxylic acids is 1. The molecular formula is C18H26ClNO. The highest BCUT2D eigenvalue weighted by atomic mass is 35.5. The quantitative estimate of drug-likeness (QED) is 0.756. The van der Waals surface area contributed by atoms with Gasteiger partial charge < -0.3 is 4.90 Å². The Morgan fingerprint density at radius 2 is 1.76 bits per heavy atom. The highest BCUT2D eigenvalue weighted by molar-refractivity contribution is 5.97. The molecule has 1 aromatic carbocycles. The third-order valence-electron chi connectivity index (χ3n) is 4.67. The maximum atomic E-state index is 12.5. The Morgan fingerprint density at radius 1 is 1.14 bits per heavy atom. The van der Waals surface area contributed by atoms with Crippen LogP contribution in [0.3, 0.4) is 0 Å². The van der Waals surface area contributed by atoms with E-state index in [4.69, 9.17) is 0 Å². The van der Waals surface area contributed by atoms with Crippen molar-refractivity contribution >= 4 is 18.2 Å². The van der Waals surface area contributed by atoms with E-state index in [2.05, 4.69) is 24.0 Å². The largest absolute Gasteiger partial charge is 0.303 e. The fourth-order valence-electron chi connectivity index (χ4n) is 3.23. The van der Waals surface area contributed by atoms with Gasteiger partial charge in [-0.05, 0) is 50.3 Å². The number of Topliss-reactive ketones (excluding diaryl/α,β-unsaturated/α-hetero) is 1. The Morgan fingerprint density at radius 3 is 2.33 bits per heavy atom. The van der Waals surface area contributed by atoms with Crippen LogP contribution in [0.2, 0.25) is 0 Å². The van der Waals surface area contributed by atoms with Crippen molar-refractivity contribution in [3.05, 3.63) is 35.4 Å². The second kappa shape index (κ2) is 7.42. The Hall–Kier alpha value is -0.860. The molecule has 21 heavy (non-hydrogen) atoms. The number of piperidine rings is 1. The van der Waals surface area contributed by atoms with Crippen LogP contribution >= 0.6 is 12.4 Å². The van der Waals surface area contributed by atoms with Crippen LogP contribution in [0.5, 0.6) is 0 Å². The average Bonchev–Trinajstić information content (AvgIpc) is 3.32. The van der Waals surface area contributed by atoms with E-state index in [-0.39, 0.29) is 18.3 Å². The summed E-state index contributed by atoms with van der Waals surface area (Å²) in [6, 6.07) is 8.36. The predicted octanol–water partition coefficient (Wildman–Crippen LogP) is 4.29.